The summed E-state index contributed by atoms with van der Waals surface area (Å²) in [6.45, 7) is 5.22. The molecule has 0 saturated carbocycles. The average molecular weight is 316 g/mol. The molecule has 0 aliphatic carbocycles. The first-order valence-electron chi connectivity index (χ1n) is 6.75. The van der Waals surface area contributed by atoms with Crippen LogP contribution in [-0.4, -0.2) is 46.5 Å². The maximum Gasteiger partial charge on any atom is 0.410 e. The van der Waals surface area contributed by atoms with Crippen molar-refractivity contribution in [3.8, 4) is 0 Å². The molecule has 1 aromatic rings. The molecule has 0 spiro atoms. The smallest absolute Gasteiger partial charge is 0.410 e. The molecular formula is C15H22ClNO4. The molecule has 0 bridgehead atoms. The van der Waals surface area contributed by atoms with E-state index in [1.165, 1.54) is 4.90 Å². The second kappa shape index (κ2) is 7.64. The van der Waals surface area contributed by atoms with Crippen molar-refractivity contribution in [2.45, 2.75) is 32.5 Å². The van der Waals surface area contributed by atoms with E-state index in [1.54, 1.807) is 45.0 Å². The minimum Gasteiger partial charge on any atom is -0.444 e. The SMILES string of the molecule is CC(C)(C)OC(=O)N(CCO)C[C@H](O)c1ccc(Cl)cc1. The normalized spacial score (nSPS) is 12.9. The Morgan fingerprint density at radius 2 is 1.90 bits per heavy atom. The van der Waals surface area contributed by atoms with Gasteiger partial charge in [0.05, 0.1) is 19.3 Å². The molecule has 1 amide bonds. The van der Waals surface area contributed by atoms with E-state index < -0.39 is 17.8 Å². The van der Waals surface area contributed by atoms with Gasteiger partial charge in [0.15, 0.2) is 0 Å². The summed E-state index contributed by atoms with van der Waals surface area (Å²) < 4.78 is 5.25. The standard InChI is InChI=1S/C15H22ClNO4/c1-15(2,3)21-14(20)17(8-9-18)10-13(19)11-4-6-12(16)7-5-11/h4-7,13,18-19H,8-10H2,1-3H3/t13-/m0/s1. The second-order valence-corrected chi connectivity index (χ2v) is 6.15. The minimum absolute atomic E-state index is 0.0388. The lowest BCUT2D eigenvalue weighted by Gasteiger charge is -2.28. The van der Waals surface area contributed by atoms with Crippen LogP contribution in [0.3, 0.4) is 0 Å². The van der Waals surface area contributed by atoms with Gasteiger partial charge < -0.3 is 19.8 Å². The summed E-state index contributed by atoms with van der Waals surface area (Å²) in [5.74, 6) is 0. The molecule has 0 heterocycles. The molecule has 1 aromatic carbocycles. The summed E-state index contributed by atoms with van der Waals surface area (Å²) in [7, 11) is 0. The Balaban J connectivity index is 2.73. The molecule has 0 aromatic heterocycles. The molecule has 118 valence electrons. The number of rotatable bonds is 5. The van der Waals surface area contributed by atoms with Gasteiger partial charge in [-0.1, -0.05) is 23.7 Å². The van der Waals surface area contributed by atoms with Gasteiger partial charge in [-0.15, -0.1) is 0 Å². The Labute approximate surface area is 130 Å². The van der Waals surface area contributed by atoms with Crippen molar-refractivity contribution in [1.82, 2.24) is 4.90 Å². The predicted octanol–water partition coefficient (Wildman–Crippen LogP) is 2.60. The number of nitrogens with zero attached hydrogens (tertiary/aromatic N) is 1. The van der Waals surface area contributed by atoms with Crippen LogP contribution >= 0.6 is 11.6 Å². The number of aliphatic hydroxyl groups excluding tert-OH is 2. The molecule has 5 nitrogen and oxygen atoms in total. The van der Waals surface area contributed by atoms with Gasteiger partial charge in [-0.2, -0.15) is 0 Å². The Morgan fingerprint density at radius 1 is 1.33 bits per heavy atom. The number of aliphatic hydroxyl groups is 2. The van der Waals surface area contributed by atoms with Crippen LogP contribution < -0.4 is 0 Å². The van der Waals surface area contributed by atoms with Crippen molar-refractivity contribution in [2.24, 2.45) is 0 Å². The quantitative estimate of drug-likeness (QED) is 0.876. The highest BCUT2D eigenvalue weighted by Gasteiger charge is 2.24. The first-order chi connectivity index (χ1) is 9.73. The highest BCUT2D eigenvalue weighted by atomic mass is 35.5. The summed E-state index contributed by atoms with van der Waals surface area (Å²) in [5.41, 5.74) is 0.0154. The highest BCUT2D eigenvalue weighted by molar-refractivity contribution is 6.30. The molecule has 0 unspecified atom stereocenters. The Bertz CT molecular complexity index is 456. The zero-order valence-electron chi connectivity index (χ0n) is 12.5. The van der Waals surface area contributed by atoms with Crippen LogP contribution in [-0.2, 0) is 4.74 Å². The minimum atomic E-state index is -0.874. The van der Waals surface area contributed by atoms with E-state index in [4.69, 9.17) is 21.4 Å². The van der Waals surface area contributed by atoms with Crippen LogP contribution in [0.2, 0.25) is 5.02 Å². The number of hydrogen-bond donors (Lipinski definition) is 2. The molecule has 21 heavy (non-hydrogen) atoms. The molecule has 6 heteroatoms. The lowest BCUT2D eigenvalue weighted by molar-refractivity contribution is 0.0109. The lowest BCUT2D eigenvalue weighted by atomic mass is 10.1. The van der Waals surface area contributed by atoms with E-state index >= 15 is 0 Å². The van der Waals surface area contributed by atoms with E-state index in [0.29, 0.717) is 10.6 Å². The third-order valence-corrected chi connectivity index (χ3v) is 2.92. The van der Waals surface area contributed by atoms with E-state index in [2.05, 4.69) is 0 Å². The topological polar surface area (TPSA) is 70.0 Å². The Morgan fingerprint density at radius 3 is 2.38 bits per heavy atom. The first-order valence-corrected chi connectivity index (χ1v) is 7.13. The monoisotopic (exact) mass is 315 g/mol. The van der Waals surface area contributed by atoms with Gasteiger partial charge in [0.2, 0.25) is 0 Å². The van der Waals surface area contributed by atoms with E-state index in [0.717, 1.165) is 0 Å². The predicted molar refractivity (Wildman–Crippen MR) is 81.3 cm³/mol. The first kappa shape index (κ1) is 17.8. The van der Waals surface area contributed by atoms with Gasteiger partial charge >= 0.3 is 6.09 Å². The summed E-state index contributed by atoms with van der Waals surface area (Å²) in [4.78, 5) is 13.3. The summed E-state index contributed by atoms with van der Waals surface area (Å²) in [5, 5.41) is 19.8. The fraction of sp³-hybridized carbons (Fsp3) is 0.533. The highest BCUT2D eigenvalue weighted by Crippen LogP contribution is 2.18. The van der Waals surface area contributed by atoms with Crippen LogP contribution in [0.4, 0.5) is 4.79 Å². The molecule has 0 aliphatic rings. The molecule has 2 N–H and O–H groups in total. The summed E-state index contributed by atoms with van der Waals surface area (Å²) >= 11 is 5.80. The van der Waals surface area contributed by atoms with Crippen molar-refractivity contribution in [2.75, 3.05) is 19.7 Å². The van der Waals surface area contributed by atoms with Gasteiger partial charge in [0.1, 0.15) is 5.60 Å². The second-order valence-electron chi connectivity index (χ2n) is 5.72. The van der Waals surface area contributed by atoms with Crippen LogP contribution in [0.5, 0.6) is 0 Å². The van der Waals surface area contributed by atoms with Crippen molar-refractivity contribution < 1.29 is 19.7 Å². The molecule has 1 rings (SSSR count). The maximum absolute atomic E-state index is 12.0. The third-order valence-electron chi connectivity index (χ3n) is 2.67. The third kappa shape index (κ3) is 6.33. The molecule has 1 atom stereocenters. The zero-order chi connectivity index (χ0) is 16.0. The number of halogens is 1. The van der Waals surface area contributed by atoms with Gasteiger partial charge in [0.25, 0.3) is 0 Å². The molecule has 0 radical (unpaired) electrons. The Hall–Kier alpha value is -1.30. The number of hydrogen-bond acceptors (Lipinski definition) is 4. The molecule has 0 aliphatic heterocycles. The summed E-state index contributed by atoms with van der Waals surface area (Å²) in [6, 6.07) is 6.73. The lowest BCUT2D eigenvalue weighted by Crippen LogP contribution is -2.40. The van der Waals surface area contributed by atoms with Gasteiger partial charge in [0, 0.05) is 11.6 Å². The van der Waals surface area contributed by atoms with Crippen LogP contribution in [0.25, 0.3) is 0 Å². The number of carbonyl (C=O) groups excluding carboxylic acids is 1. The number of amides is 1. The van der Waals surface area contributed by atoms with Gasteiger partial charge in [-0.05, 0) is 38.5 Å². The van der Waals surface area contributed by atoms with Crippen LogP contribution in [0.1, 0.15) is 32.4 Å². The molecule has 0 fully saturated rings. The average Bonchev–Trinajstić information content (AvgIpc) is 2.36. The van der Waals surface area contributed by atoms with E-state index in [9.17, 15) is 9.90 Å². The van der Waals surface area contributed by atoms with Crippen molar-refractivity contribution >= 4 is 17.7 Å². The number of ether oxygens (including phenoxy) is 1. The fourth-order valence-corrected chi connectivity index (χ4v) is 1.83. The maximum atomic E-state index is 12.0. The van der Waals surface area contributed by atoms with Gasteiger partial charge in [-0.3, -0.25) is 0 Å². The number of carbonyl (C=O) groups is 1. The van der Waals surface area contributed by atoms with Crippen LogP contribution in [0.15, 0.2) is 24.3 Å². The summed E-state index contributed by atoms with van der Waals surface area (Å²) in [6.07, 6.45) is -1.44. The fourth-order valence-electron chi connectivity index (χ4n) is 1.70. The van der Waals surface area contributed by atoms with E-state index in [1.807, 2.05) is 0 Å². The largest absolute Gasteiger partial charge is 0.444 e. The van der Waals surface area contributed by atoms with Crippen molar-refractivity contribution in [3.05, 3.63) is 34.9 Å². The van der Waals surface area contributed by atoms with E-state index in [-0.39, 0.29) is 19.7 Å². The van der Waals surface area contributed by atoms with Gasteiger partial charge in [-0.25, -0.2) is 4.79 Å². The zero-order valence-corrected chi connectivity index (χ0v) is 13.3. The molecule has 0 saturated heterocycles. The van der Waals surface area contributed by atoms with Crippen molar-refractivity contribution in [3.63, 3.8) is 0 Å². The van der Waals surface area contributed by atoms with Crippen molar-refractivity contribution in [1.29, 1.82) is 0 Å². The molecular weight excluding hydrogens is 294 g/mol. The Kier molecular flexibility index (Phi) is 6.45. The van der Waals surface area contributed by atoms with Crippen LogP contribution in [0, 0.1) is 0 Å². The number of benzene rings is 1.